The standard InChI is InChI=1S/C14H18N2O4/c1-14(2,3)20-13(18)16-8-6-9(17)11-10(19-4)5-7-15-12(11)16/h5,7H,6,8H2,1-4H3. The molecular formula is C14H18N2O4. The summed E-state index contributed by atoms with van der Waals surface area (Å²) in [6.07, 6.45) is 1.23. The van der Waals surface area contributed by atoms with E-state index in [1.165, 1.54) is 18.2 Å². The first kappa shape index (κ1) is 14.3. The van der Waals surface area contributed by atoms with Gasteiger partial charge in [-0.2, -0.15) is 0 Å². The Bertz CT molecular complexity index is 549. The normalized spacial score (nSPS) is 14.8. The molecule has 0 aromatic carbocycles. The molecule has 0 aliphatic carbocycles. The number of hydrogen-bond acceptors (Lipinski definition) is 5. The number of nitrogens with zero attached hydrogens (tertiary/aromatic N) is 2. The Morgan fingerprint density at radius 3 is 2.70 bits per heavy atom. The zero-order chi connectivity index (χ0) is 14.9. The van der Waals surface area contributed by atoms with E-state index >= 15 is 0 Å². The number of methoxy groups -OCH3 is 1. The minimum atomic E-state index is -0.600. The number of ether oxygens (including phenoxy) is 2. The first-order chi connectivity index (χ1) is 9.33. The van der Waals surface area contributed by atoms with Gasteiger partial charge in [0.1, 0.15) is 16.9 Å². The molecule has 2 rings (SSSR count). The van der Waals surface area contributed by atoms with Gasteiger partial charge in [-0.3, -0.25) is 9.69 Å². The van der Waals surface area contributed by atoms with Crippen LogP contribution in [-0.4, -0.2) is 36.1 Å². The van der Waals surface area contributed by atoms with Crippen LogP contribution in [0.1, 0.15) is 37.6 Å². The zero-order valence-corrected chi connectivity index (χ0v) is 12.1. The number of fused-ring (bicyclic) bond motifs is 1. The third kappa shape index (κ3) is 2.74. The second-order valence-electron chi connectivity index (χ2n) is 5.52. The first-order valence-electron chi connectivity index (χ1n) is 6.40. The molecule has 0 radical (unpaired) electrons. The summed E-state index contributed by atoms with van der Waals surface area (Å²) in [6.45, 7) is 5.64. The van der Waals surface area contributed by atoms with E-state index < -0.39 is 11.7 Å². The van der Waals surface area contributed by atoms with E-state index in [2.05, 4.69) is 4.98 Å². The van der Waals surface area contributed by atoms with Crippen LogP contribution < -0.4 is 9.64 Å². The molecule has 6 heteroatoms. The van der Waals surface area contributed by atoms with E-state index in [-0.39, 0.29) is 18.7 Å². The molecule has 1 aliphatic rings. The quantitative estimate of drug-likeness (QED) is 0.789. The minimum absolute atomic E-state index is 0.0789. The highest BCUT2D eigenvalue weighted by atomic mass is 16.6. The monoisotopic (exact) mass is 278 g/mol. The Morgan fingerprint density at radius 2 is 2.10 bits per heavy atom. The number of rotatable bonds is 1. The Labute approximate surface area is 117 Å². The van der Waals surface area contributed by atoms with Crippen LogP contribution in [0.15, 0.2) is 12.3 Å². The van der Waals surface area contributed by atoms with Crippen molar-refractivity contribution in [1.82, 2.24) is 4.98 Å². The average Bonchev–Trinajstić information content (AvgIpc) is 2.36. The van der Waals surface area contributed by atoms with Gasteiger partial charge in [-0.05, 0) is 26.8 Å². The summed E-state index contributed by atoms with van der Waals surface area (Å²) in [5.74, 6) is 0.646. The predicted octanol–water partition coefficient (Wildman–Crippen LogP) is 2.42. The minimum Gasteiger partial charge on any atom is -0.496 e. The molecule has 0 spiro atoms. The molecule has 0 saturated carbocycles. The lowest BCUT2D eigenvalue weighted by molar-refractivity contribution is 0.0576. The second-order valence-corrected chi connectivity index (χ2v) is 5.52. The summed E-state index contributed by atoms with van der Waals surface area (Å²) in [5, 5.41) is 0. The molecule has 0 unspecified atom stereocenters. The first-order valence-corrected chi connectivity index (χ1v) is 6.40. The largest absolute Gasteiger partial charge is 0.496 e. The van der Waals surface area contributed by atoms with E-state index in [0.29, 0.717) is 17.1 Å². The number of pyridine rings is 1. The summed E-state index contributed by atoms with van der Waals surface area (Å²) >= 11 is 0. The summed E-state index contributed by atoms with van der Waals surface area (Å²) < 4.78 is 10.5. The van der Waals surface area contributed by atoms with Crippen LogP contribution in [-0.2, 0) is 4.74 Å². The summed E-state index contributed by atoms with van der Waals surface area (Å²) in [7, 11) is 1.48. The maximum atomic E-state index is 12.2. The third-order valence-electron chi connectivity index (χ3n) is 2.82. The molecule has 0 atom stereocenters. The van der Waals surface area contributed by atoms with Crippen molar-refractivity contribution < 1.29 is 19.1 Å². The van der Waals surface area contributed by atoms with Gasteiger partial charge in [0.05, 0.1) is 7.11 Å². The number of aromatic nitrogens is 1. The molecule has 1 aliphatic heterocycles. The Hall–Kier alpha value is -2.11. The highest BCUT2D eigenvalue weighted by molar-refractivity contribution is 6.08. The molecule has 1 amide bonds. The van der Waals surface area contributed by atoms with Crippen molar-refractivity contribution in [2.45, 2.75) is 32.8 Å². The van der Waals surface area contributed by atoms with E-state index in [0.717, 1.165) is 0 Å². The van der Waals surface area contributed by atoms with Gasteiger partial charge < -0.3 is 9.47 Å². The van der Waals surface area contributed by atoms with Crippen molar-refractivity contribution in [2.24, 2.45) is 0 Å². The number of carbonyl (C=O) groups is 2. The van der Waals surface area contributed by atoms with Gasteiger partial charge in [0.2, 0.25) is 0 Å². The van der Waals surface area contributed by atoms with E-state index in [9.17, 15) is 9.59 Å². The number of ketones is 1. The van der Waals surface area contributed by atoms with E-state index in [1.807, 2.05) is 0 Å². The highest BCUT2D eigenvalue weighted by Gasteiger charge is 2.33. The van der Waals surface area contributed by atoms with Gasteiger partial charge in [0.25, 0.3) is 0 Å². The molecule has 20 heavy (non-hydrogen) atoms. The third-order valence-corrected chi connectivity index (χ3v) is 2.82. The van der Waals surface area contributed by atoms with Crippen molar-refractivity contribution in [1.29, 1.82) is 0 Å². The predicted molar refractivity (Wildman–Crippen MR) is 73.3 cm³/mol. The molecule has 108 valence electrons. The van der Waals surface area contributed by atoms with Crippen LogP contribution >= 0.6 is 0 Å². The van der Waals surface area contributed by atoms with Crippen molar-refractivity contribution in [3.63, 3.8) is 0 Å². The van der Waals surface area contributed by atoms with Crippen molar-refractivity contribution in [3.05, 3.63) is 17.8 Å². The maximum absolute atomic E-state index is 12.2. The highest BCUT2D eigenvalue weighted by Crippen LogP contribution is 2.32. The SMILES string of the molecule is COc1ccnc2c1C(=O)CCN2C(=O)OC(C)(C)C. The molecule has 1 aromatic rings. The molecule has 6 nitrogen and oxygen atoms in total. The van der Waals surface area contributed by atoms with Crippen LogP contribution in [0.25, 0.3) is 0 Å². The lowest BCUT2D eigenvalue weighted by Gasteiger charge is -2.30. The molecule has 0 N–H and O–H groups in total. The van der Waals surface area contributed by atoms with Gasteiger partial charge in [0.15, 0.2) is 11.6 Å². The number of carbonyl (C=O) groups excluding carboxylic acids is 2. The summed E-state index contributed by atoms with van der Waals surface area (Å²) in [5.41, 5.74) is -0.260. The van der Waals surface area contributed by atoms with Crippen LogP contribution in [0.4, 0.5) is 10.6 Å². The van der Waals surface area contributed by atoms with Crippen molar-refractivity contribution >= 4 is 17.7 Å². The number of hydrogen-bond donors (Lipinski definition) is 0. The lowest BCUT2D eigenvalue weighted by atomic mass is 10.0. The molecule has 0 bridgehead atoms. The van der Waals surface area contributed by atoms with Crippen molar-refractivity contribution in [2.75, 3.05) is 18.6 Å². The molecule has 2 heterocycles. The van der Waals surface area contributed by atoms with Gasteiger partial charge in [-0.1, -0.05) is 0 Å². The van der Waals surface area contributed by atoms with Crippen LogP contribution in [0.3, 0.4) is 0 Å². The second kappa shape index (κ2) is 5.11. The topological polar surface area (TPSA) is 68.7 Å². The van der Waals surface area contributed by atoms with Gasteiger partial charge in [0, 0.05) is 19.2 Å². The fraction of sp³-hybridized carbons (Fsp3) is 0.500. The lowest BCUT2D eigenvalue weighted by Crippen LogP contribution is -2.41. The van der Waals surface area contributed by atoms with Crippen LogP contribution in [0.5, 0.6) is 5.75 Å². The smallest absolute Gasteiger partial charge is 0.416 e. The molecule has 0 saturated heterocycles. The van der Waals surface area contributed by atoms with Crippen molar-refractivity contribution in [3.8, 4) is 5.75 Å². The Kier molecular flexibility index (Phi) is 3.65. The number of amides is 1. The van der Waals surface area contributed by atoms with Gasteiger partial charge >= 0.3 is 6.09 Å². The Morgan fingerprint density at radius 1 is 1.40 bits per heavy atom. The number of Topliss-reactive ketones (excluding diaryl/α,β-unsaturated/α-hetero) is 1. The molecule has 0 fully saturated rings. The number of anilines is 1. The molecule has 1 aromatic heterocycles. The van der Waals surface area contributed by atoms with Gasteiger partial charge in [-0.25, -0.2) is 9.78 Å². The van der Waals surface area contributed by atoms with E-state index in [1.54, 1.807) is 26.8 Å². The summed E-state index contributed by atoms with van der Waals surface area (Å²) in [6, 6.07) is 1.61. The molecular weight excluding hydrogens is 260 g/mol. The van der Waals surface area contributed by atoms with Crippen LogP contribution in [0.2, 0.25) is 0 Å². The zero-order valence-electron chi connectivity index (χ0n) is 12.1. The van der Waals surface area contributed by atoms with Gasteiger partial charge in [-0.15, -0.1) is 0 Å². The van der Waals surface area contributed by atoms with Crippen LogP contribution in [0, 0.1) is 0 Å². The maximum Gasteiger partial charge on any atom is 0.416 e. The average molecular weight is 278 g/mol. The Balaban J connectivity index is 2.39. The fourth-order valence-electron chi connectivity index (χ4n) is 2.01. The van der Waals surface area contributed by atoms with E-state index in [4.69, 9.17) is 9.47 Å². The fourth-order valence-corrected chi connectivity index (χ4v) is 2.01. The summed E-state index contributed by atoms with van der Waals surface area (Å²) in [4.78, 5) is 29.7.